The quantitative estimate of drug-likeness (QED) is 0.784. The van der Waals surface area contributed by atoms with E-state index in [9.17, 15) is 9.90 Å². The molecule has 2 rings (SSSR count). The monoisotopic (exact) mass is 282 g/mol. The van der Waals surface area contributed by atoms with Gasteiger partial charge in [0.15, 0.2) is 0 Å². The average Bonchev–Trinajstić information content (AvgIpc) is 3.07. The van der Waals surface area contributed by atoms with Crippen molar-refractivity contribution in [3.63, 3.8) is 0 Å². The van der Waals surface area contributed by atoms with Crippen LogP contribution in [0.2, 0.25) is 0 Å². The Labute approximate surface area is 122 Å². The number of aliphatic carboxylic acids is 1. The lowest BCUT2D eigenvalue weighted by atomic mass is 9.80. The molecule has 2 N–H and O–H groups in total. The third-order valence-electron chi connectivity index (χ3n) is 5.12. The van der Waals surface area contributed by atoms with Gasteiger partial charge in [-0.15, -0.1) is 0 Å². The number of carboxylic acids is 1. The molecule has 0 spiro atoms. The normalized spacial score (nSPS) is 27.5. The van der Waals surface area contributed by atoms with Gasteiger partial charge >= 0.3 is 5.97 Å². The second-order valence-corrected chi connectivity index (χ2v) is 7.67. The molecular weight excluding hydrogens is 252 g/mol. The fourth-order valence-electron chi connectivity index (χ4n) is 3.57. The Bertz CT molecular complexity index is 360. The zero-order valence-electron chi connectivity index (χ0n) is 13.4. The highest BCUT2D eigenvalue weighted by molar-refractivity contribution is 5.80. The summed E-state index contributed by atoms with van der Waals surface area (Å²) in [5.74, 6) is 0.324. The summed E-state index contributed by atoms with van der Waals surface area (Å²) < 4.78 is 0. The number of likely N-dealkylation sites (N-methyl/N-ethyl adjacent to an activating group) is 1. The van der Waals surface area contributed by atoms with Crippen LogP contribution in [0.15, 0.2) is 0 Å². The van der Waals surface area contributed by atoms with Crippen molar-refractivity contribution in [3.05, 3.63) is 0 Å². The van der Waals surface area contributed by atoms with Crippen LogP contribution in [-0.2, 0) is 4.79 Å². The Morgan fingerprint density at radius 2 is 1.90 bits per heavy atom. The summed E-state index contributed by atoms with van der Waals surface area (Å²) in [5, 5.41) is 13.1. The molecule has 0 aromatic carbocycles. The Kier molecular flexibility index (Phi) is 4.45. The van der Waals surface area contributed by atoms with Crippen LogP contribution in [-0.4, -0.2) is 47.7 Å². The van der Waals surface area contributed by atoms with E-state index < -0.39 is 11.5 Å². The van der Waals surface area contributed by atoms with Gasteiger partial charge < -0.3 is 15.3 Å². The van der Waals surface area contributed by atoms with E-state index in [-0.39, 0.29) is 0 Å². The van der Waals surface area contributed by atoms with Crippen LogP contribution in [0.1, 0.15) is 47.0 Å². The first-order chi connectivity index (χ1) is 9.29. The van der Waals surface area contributed by atoms with Crippen molar-refractivity contribution in [2.24, 2.45) is 17.3 Å². The summed E-state index contributed by atoms with van der Waals surface area (Å²) in [7, 11) is 0. The molecule has 1 aliphatic carbocycles. The summed E-state index contributed by atoms with van der Waals surface area (Å²) in [6, 6.07) is 0. The minimum absolute atomic E-state index is 0.314. The maximum atomic E-state index is 11.9. The largest absolute Gasteiger partial charge is 0.480 e. The fraction of sp³-hybridized carbons (Fsp3) is 0.938. The SMILES string of the molecule is CCNC(CN1CCC(C(C)(C)C)C1)(C(=O)O)C1CC1. The summed E-state index contributed by atoms with van der Waals surface area (Å²) >= 11 is 0. The van der Waals surface area contributed by atoms with E-state index in [1.807, 2.05) is 6.92 Å². The highest BCUT2D eigenvalue weighted by atomic mass is 16.4. The third kappa shape index (κ3) is 3.17. The van der Waals surface area contributed by atoms with Crippen LogP contribution in [0.4, 0.5) is 0 Å². The Balaban J connectivity index is 2.04. The second-order valence-electron chi connectivity index (χ2n) is 7.67. The lowest BCUT2D eigenvalue weighted by Gasteiger charge is -2.35. The molecule has 2 unspecified atom stereocenters. The lowest BCUT2D eigenvalue weighted by molar-refractivity contribution is -0.147. The van der Waals surface area contributed by atoms with Gasteiger partial charge in [-0.2, -0.15) is 0 Å². The molecule has 2 fully saturated rings. The summed E-state index contributed by atoms with van der Waals surface area (Å²) in [5.41, 5.74) is -0.403. The van der Waals surface area contributed by atoms with E-state index in [0.29, 0.717) is 23.8 Å². The molecular formula is C16H30N2O2. The molecule has 0 bridgehead atoms. The molecule has 0 aromatic rings. The van der Waals surface area contributed by atoms with E-state index in [0.717, 1.165) is 32.5 Å². The van der Waals surface area contributed by atoms with Gasteiger partial charge in [0.05, 0.1) is 0 Å². The second kappa shape index (κ2) is 5.64. The molecule has 0 aromatic heterocycles. The smallest absolute Gasteiger partial charge is 0.325 e. The number of nitrogens with zero attached hydrogens (tertiary/aromatic N) is 1. The van der Waals surface area contributed by atoms with Crippen molar-refractivity contribution in [2.75, 3.05) is 26.2 Å². The predicted octanol–water partition coefficient (Wildman–Crippen LogP) is 2.20. The van der Waals surface area contributed by atoms with Crippen molar-refractivity contribution in [3.8, 4) is 0 Å². The molecule has 1 saturated carbocycles. The van der Waals surface area contributed by atoms with Crippen molar-refractivity contribution >= 4 is 5.97 Å². The Morgan fingerprint density at radius 1 is 1.25 bits per heavy atom. The molecule has 2 aliphatic rings. The molecule has 1 aliphatic heterocycles. The van der Waals surface area contributed by atoms with Gasteiger partial charge in [0.25, 0.3) is 0 Å². The van der Waals surface area contributed by atoms with Crippen LogP contribution in [0.3, 0.4) is 0 Å². The molecule has 116 valence electrons. The number of hydrogen-bond acceptors (Lipinski definition) is 3. The zero-order chi connectivity index (χ0) is 15.0. The molecule has 20 heavy (non-hydrogen) atoms. The zero-order valence-corrected chi connectivity index (χ0v) is 13.4. The van der Waals surface area contributed by atoms with Crippen LogP contribution < -0.4 is 5.32 Å². The van der Waals surface area contributed by atoms with Crippen LogP contribution in [0.25, 0.3) is 0 Å². The lowest BCUT2D eigenvalue weighted by Crippen LogP contribution is -2.60. The maximum Gasteiger partial charge on any atom is 0.325 e. The van der Waals surface area contributed by atoms with E-state index >= 15 is 0 Å². The summed E-state index contributed by atoms with van der Waals surface area (Å²) in [4.78, 5) is 14.2. The number of likely N-dealkylation sites (tertiary alicyclic amines) is 1. The van der Waals surface area contributed by atoms with Gasteiger partial charge in [0.1, 0.15) is 5.54 Å². The number of hydrogen-bond donors (Lipinski definition) is 2. The number of nitrogens with one attached hydrogen (secondary N) is 1. The number of rotatable bonds is 6. The third-order valence-corrected chi connectivity index (χ3v) is 5.12. The fourth-order valence-corrected chi connectivity index (χ4v) is 3.57. The summed E-state index contributed by atoms with van der Waals surface area (Å²) in [6.07, 6.45) is 3.29. The van der Waals surface area contributed by atoms with Crippen molar-refractivity contribution in [2.45, 2.75) is 52.5 Å². The molecule has 1 heterocycles. The maximum absolute atomic E-state index is 11.9. The average molecular weight is 282 g/mol. The highest BCUT2D eigenvalue weighted by Gasteiger charge is 2.52. The van der Waals surface area contributed by atoms with E-state index in [2.05, 4.69) is 31.0 Å². The van der Waals surface area contributed by atoms with Gasteiger partial charge in [-0.1, -0.05) is 27.7 Å². The van der Waals surface area contributed by atoms with Gasteiger partial charge in [-0.25, -0.2) is 0 Å². The van der Waals surface area contributed by atoms with E-state index in [4.69, 9.17) is 0 Å². The van der Waals surface area contributed by atoms with Gasteiger partial charge in [0, 0.05) is 13.1 Å². The first-order valence-corrected chi connectivity index (χ1v) is 8.00. The highest BCUT2D eigenvalue weighted by Crippen LogP contribution is 2.42. The number of carboxylic acid groups (broad SMARTS) is 1. The standard InChI is InChI=1S/C16H30N2O2/c1-5-17-16(14(19)20,12-6-7-12)11-18-9-8-13(10-18)15(2,3)4/h12-13,17H,5-11H2,1-4H3,(H,19,20). The molecule has 0 radical (unpaired) electrons. The predicted molar refractivity (Wildman–Crippen MR) is 80.8 cm³/mol. The van der Waals surface area contributed by atoms with Crippen LogP contribution >= 0.6 is 0 Å². The van der Waals surface area contributed by atoms with Crippen molar-refractivity contribution in [1.29, 1.82) is 0 Å². The van der Waals surface area contributed by atoms with Crippen LogP contribution in [0.5, 0.6) is 0 Å². The van der Waals surface area contributed by atoms with Crippen molar-refractivity contribution in [1.82, 2.24) is 10.2 Å². The minimum atomic E-state index is -0.721. The van der Waals surface area contributed by atoms with Gasteiger partial charge in [0.2, 0.25) is 0 Å². The Hall–Kier alpha value is -0.610. The first kappa shape index (κ1) is 15.8. The molecule has 4 nitrogen and oxygen atoms in total. The van der Waals surface area contributed by atoms with Crippen LogP contribution in [0, 0.1) is 17.3 Å². The topological polar surface area (TPSA) is 52.6 Å². The summed E-state index contributed by atoms with van der Waals surface area (Å²) in [6.45, 7) is 12.3. The van der Waals surface area contributed by atoms with E-state index in [1.54, 1.807) is 0 Å². The van der Waals surface area contributed by atoms with Gasteiger partial charge in [-0.05, 0) is 49.6 Å². The first-order valence-electron chi connectivity index (χ1n) is 8.00. The molecule has 1 saturated heterocycles. The molecule has 0 amide bonds. The Morgan fingerprint density at radius 3 is 2.30 bits per heavy atom. The molecule has 4 heteroatoms. The van der Waals surface area contributed by atoms with Crippen molar-refractivity contribution < 1.29 is 9.90 Å². The van der Waals surface area contributed by atoms with E-state index in [1.165, 1.54) is 6.42 Å². The van der Waals surface area contributed by atoms with Gasteiger partial charge in [-0.3, -0.25) is 4.79 Å². The minimum Gasteiger partial charge on any atom is -0.480 e. The molecule has 2 atom stereocenters. The number of carbonyl (C=O) groups is 1.